The number of hydrogen-bond acceptors (Lipinski definition) is 5. The Labute approximate surface area is 202 Å². The van der Waals surface area contributed by atoms with Crippen LogP contribution in [0.25, 0.3) is 10.2 Å². The van der Waals surface area contributed by atoms with Crippen LogP contribution in [-0.2, 0) is 26.1 Å². The van der Waals surface area contributed by atoms with Crippen LogP contribution < -0.4 is 4.80 Å². The zero-order chi connectivity index (χ0) is 23.4. The van der Waals surface area contributed by atoms with E-state index in [0.29, 0.717) is 42.4 Å². The summed E-state index contributed by atoms with van der Waals surface area (Å²) in [4.78, 5) is 18.3. The fourth-order valence-electron chi connectivity index (χ4n) is 3.91. The highest BCUT2D eigenvalue weighted by atomic mass is 35.5. The van der Waals surface area contributed by atoms with Crippen molar-refractivity contribution in [2.24, 2.45) is 10.9 Å². The molecule has 0 saturated carbocycles. The number of carbonyl (C=O) groups excluding carboxylic acids is 1. The van der Waals surface area contributed by atoms with E-state index in [2.05, 4.69) is 4.99 Å². The highest BCUT2D eigenvalue weighted by molar-refractivity contribution is 7.89. The van der Waals surface area contributed by atoms with Crippen molar-refractivity contribution in [3.63, 3.8) is 0 Å². The van der Waals surface area contributed by atoms with Crippen LogP contribution in [0.2, 0.25) is 5.02 Å². The zero-order valence-corrected chi connectivity index (χ0v) is 20.7. The van der Waals surface area contributed by atoms with Gasteiger partial charge in [0.2, 0.25) is 10.0 Å². The number of para-hydroxylation sites is 1. The number of halogens is 1. The minimum Gasteiger partial charge on any atom is -0.380 e. The molecule has 0 bridgehead atoms. The maximum atomic E-state index is 13.0. The average molecular weight is 508 g/mol. The molecule has 1 fully saturated rings. The number of carbonyl (C=O) groups is 1. The van der Waals surface area contributed by atoms with Crippen molar-refractivity contribution in [2.45, 2.75) is 31.2 Å². The van der Waals surface area contributed by atoms with E-state index in [9.17, 15) is 13.2 Å². The fourth-order valence-corrected chi connectivity index (χ4v) is 6.56. The van der Waals surface area contributed by atoms with Gasteiger partial charge in [0, 0.05) is 37.2 Å². The molecular weight excluding hydrogens is 482 g/mol. The number of amides is 1. The molecule has 1 amide bonds. The third-order valence-corrected chi connectivity index (χ3v) is 8.94. The second-order valence-corrected chi connectivity index (χ2v) is 11.2. The van der Waals surface area contributed by atoms with Crippen LogP contribution in [0.15, 0.2) is 58.4 Å². The van der Waals surface area contributed by atoms with Crippen molar-refractivity contribution in [1.29, 1.82) is 0 Å². The van der Waals surface area contributed by atoms with Crippen LogP contribution in [0.4, 0.5) is 0 Å². The van der Waals surface area contributed by atoms with E-state index >= 15 is 0 Å². The van der Waals surface area contributed by atoms with Gasteiger partial charge in [-0.25, -0.2) is 8.42 Å². The third-order valence-electron chi connectivity index (χ3n) is 5.71. The van der Waals surface area contributed by atoms with Crippen molar-refractivity contribution < 1.29 is 17.9 Å². The van der Waals surface area contributed by atoms with E-state index in [1.165, 1.54) is 27.8 Å². The fraction of sp³-hybridized carbons (Fsp3) is 0.391. The van der Waals surface area contributed by atoms with Crippen molar-refractivity contribution in [3.8, 4) is 0 Å². The summed E-state index contributed by atoms with van der Waals surface area (Å²) in [6.45, 7) is 4.30. The van der Waals surface area contributed by atoms with E-state index in [0.717, 1.165) is 10.2 Å². The smallest absolute Gasteiger partial charge is 0.251 e. The van der Waals surface area contributed by atoms with Gasteiger partial charge >= 0.3 is 0 Å². The lowest BCUT2D eigenvalue weighted by Gasteiger charge is -2.29. The number of thiazole rings is 1. The molecule has 7 nitrogen and oxygen atoms in total. The Bertz CT molecular complexity index is 1290. The molecule has 1 aliphatic rings. The van der Waals surface area contributed by atoms with Crippen molar-refractivity contribution >= 4 is 49.1 Å². The zero-order valence-electron chi connectivity index (χ0n) is 18.3. The summed E-state index contributed by atoms with van der Waals surface area (Å²) in [5.41, 5.74) is 1.03. The summed E-state index contributed by atoms with van der Waals surface area (Å²) >= 11 is 7.36. The largest absolute Gasteiger partial charge is 0.380 e. The van der Waals surface area contributed by atoms with Crippen LogP contribution in [0, 0.1) is 5.92 Å². The number of ether oxygens (including phenoxy) is 1. The molecule has 1 aliphatic heterocycles. The molecule has 0 aliphatic carbocycles. The van der Waals surface area contributed by atoms with Gasteiger partial charge < -0.3 is 9.30 Å². The van der Waals surface area contributed by atoms with Gasteiger partial charge in [-0.1, -0.05) is 35.1 Å². The summed E-state index contributed by atoms with van der Waals surface area (Å²) in [7, 11) is -3.61. The maximum Gasteiger partial charge on any atom is 0.251 e. The molecule has 176 valence electrons. The average Bonchev–Trinajstić information content (AvgIpc) is 3.16. The molecule has 33 heavy (non-hydrogen) atoms. The number of piperidine rings is 1. The molecule has 10 heteroatoms. The molecular formula is C23H26ClN3O4S2. The number of nitrogens with zero attached hydrogens (tertiary/aromatic N) is 3. The van der Waals surface area contributed by atoms with E-state index in [-0.39, 0.29) is 29.8 Å². The highest BCUT2D eigenvalue weighted by Crippen LogP contribution is 2.25. The quantitative estimate of drug-likeness (QED) is 0.454. The molecule has 0 N–H and O–H groups in total. The van der Waals surface area contributed by atoms with Gasteiger partial charge in [0.25, 0.3) is 5.91 Å². The molecule has 0 radical (unpaired) electrons. The number of fused-ring (bicyclic) bond motifs is 1. The molecule has 4 rings (SSSR count). The number of rotatable bonds is 7. The Hall–Kier alpha value is -2.04. The van der Waals surface area contributed by atoms with Crippen molar-refractivity contribution in [2.75, 3.05) is 26.3 Å². The molecule has 2 heterocycles. The standard InChI is InChI=1S/C23H26ClN3O4S2/c1-2-31-16-15-27-20-5-3-4-6-21(20)32-23(27)25-22(28)17-11-13-26(14-12-17)33(29,30)19-9-7-18(24)8-10-19/h3-10,17H,2,11-16H2,1H3. The van der Waals surface area contributed by atoms with Gasteiger partial charge in [-0.2, -0.15) is 9.30 Å². The highest BCUT2D eigenvalue weighted by Gasteiger charge is 2.32. The maximum absolute atomic E-state index is 13.0. The minimum atomic E-state index is -3.61. The van der Waals surface area contributed by atoms with E-state index in [1.807, 2.05) is 35.8 Å². The van der Waals surface area contributed by atoms with Gasteiger partial charge in [-0.15, -0.1) is 0 Å². The molecule has 2 aromatic carbocycles. The lowest BCUT2D eigenvalue weighted by Crippen LogP contribution is -2.40. The first-order chi connectivity index (χ1) is 15.9. The summed E-state index contributed by atoms with van der Waals surface area (Å²) in [6.07, 6.45) is 0.887. The van der Waals surface area contributed by atoms with E-state index < -0.39 is 10.0 Å². The first-order valence-electron chi connectivity index (χ1n) is 10.9. The predicted octanol–water partition coefficient (Wildman–Crippen LogP) is 3.92. The monoisotopic (exact) mass is 507 g/mol. The SMILES string of the molecule is CCOCCn1c(=NC(=O)C2CCN(S(=O)(=O)c3ccc(Cl)cc3)CC2)sc2ccccc21. The number of sulfonamides is 1. The van der Waals surface area contributed by atoms with Gasteiger partial charge in [0.1, 0.15) is 0 Å². The number of hydrogen-bond donors (Lipinski definition) is 0. The Morgan fingerprint density at radius 3 is 2.55 bits per heavy atom. The normalized spacial score (nSPS) is 16.5. The first-order valence-corrected chi connectivity index (χ1v) is 13.5. The summed E-state index contributed by atoms with van der Waals surface area (Å²) in [5, 5.41) is 0.486. The lowest BCUT2D eigenvalue weighted by atomic mass is 9.98. The summed E-state index contributed by atoms with van der Waals surface area (Å²) < 4.78 is 35.8. The summed E-state index contributed by atoms with van der Waals surface area (Å²) in [6, 6.07) is 14.1. The van der Waals surface area contributed by atoms with E-state index in [4.69, 9.17) is 16.3 Å². The Balaban J connectivity index is 1.49. The topological polar surface area (TPSA) is 81.0 Å². The van der Waals surface area contributed by atoms with Crippen LogP contribution in [0.5, 0.6) is 0 Å². The molecule has 3 aromatic rings. The Morgan fingerprint density at radius 1 is 1.15 bits per heavy atom. The molecule has 0 atom stereocenters. The second kappa shape index (κ2) is 10.5. The van der Waals surface area contributed by atoms with E-state index in [1.54, 1.807) is 12.1 Å². The van der Waals surface area contributed by atoms with Gasteiger partial charge in [0.15, 0.2) is 4.80 Å². The van der Waals surface area contributed by atoms with Gasteiger partial charge in [0.05, 0.1) is 21.7 Å². The molecule has 1 aromatic heterocycles. The van der Waals surface area contributed by atoms with Crippen LogP contribution in [0.1, 0.15) is 19.8 Å². The molecule has 1 saturated heterocycles. The molecule has 0 spiro atoms. The Kier molecular flexibility index (Phi) is 7.65. The van der Waals surface area contributed by atoms with Crippen LogP contribution in [-0.4, -0.2) is 49.5 Å². The van der Waals surface area contributed by atoms with Crippen LogP contribution in [0.3, 0.4) is 0 Å². The Morgan fingerprint density at radius 2 is 1.85 bits per heavy atom. The number of benzene rings is 2. The van der Waals surface area contributed by atoms with Crippen molar-refractivity contribution in [3.05, 3.63) is 58.4 Å². The summed E-state index contributed by atoms with van der Waals surface area (Å²) in [5.74, 6) is -0.498. The van der Waals surface area contributed by atoms with Crippen LogP contribution >= 0.6 is 22.9 Å². The second-order valence-electron chi connectivity index (χ2n) is 7.78. The number of aromatic nitrogens is 1. The predicted molar refractivity (Wildman–Crippen MR) is 130 cm³/mol. The van der Waals surface area contributed by atoms with Gasteiger partial charge in [-0.3, -0.25) is 4.79 Å². The lowest BCUT2D eigenvalue weighted by molar-refractivity contribution is -0.122. The first kappa shape index (κ1) is 24.1. The minimum absolute atomic E-state index is 0.199. The van der Waals surface area contributed by atoms with Crippen molar-refractivity contribution in [1.82, 2.24) is 8.87 Å². The molecule has 0 unspecified atom stereocenters. The third kappa shape index (κ3) is 5.38. The van der Waals surface area contributed by atoms with Gasteiger partial charge in [-0.05, 0) is 56.2 Å².